The summed E-state index contributed by atoms with van der Waals surface area (Å²) in [6.07, 6.45) is 2.80. The summed E-state index contributed by atoms with van der Waals surface area (Å²) in [6.45, 7) is 7.47. The fourth-order valence-corrected chi connectivity index (χ4v) is 4.84. The summed E-state index contributed by atoms with van der Waals surface area (Å²) >= 11 is 0. The summed E-state index contributed by atoms with van der Waals surface area (Å²) in [5.41, 5.74) is 5.52. The summed E-state index contributed by atoms with van der Waals surface area (Å²) in [7, 11) is 1.67. The van der Waals surface area contributed by atoms with Gasteiger partial charge in [0.15, 0.2) is 5.82 Å². The smallest absolute Gasteiger partial charge is 0.233 e. The van der Waals surface area contributed by atoms with E-state index in [1.165, 1.54) is 11.1 Å². The number of H-pyrrole nitrogens is 1. The van der Waals surface area contributed by atoms with Gasteiger partial charge in [0.2, 0.25) is 5.91 Å². The van der Waals surface area contributed by atoms with Crippen LogP contribution in [0.5, 0.6) is 5.75 Å². The van der Waals surface area contributed by atoms with Gasteiger partial charge in [-0.05, 0) is 73.6 Å². The SMILES string of the molecule is COc1ccc(C2(C(=O)N3CCCN(c4cc(-c5ccc(C)c(C)c5)[nH]n4)CC3)CC2)cc1. The van der Waals surface area contributed by atoms with Crippen molar-refractivity contribution in [2.45, 2.75) is 38.5 Å². The van der Waals surface area contributed by atoms with Gasteiger partial charge in [-0.1, -0.05) is 24.3 Å². The molecule has 5 rings (SSSR count). The Morgan fingerprint density at radius 3 is 2.45 bits per heavy atom. The van der Waals surface area contributed by atoms with Crippen LogP contribution in [0.15, 0.2) is 48.5 Å². The molecule has 1 saturated heterocycles. The van der Waals surface area contributed by atoms with Gasteiger partial charge < -0.3 is 14.5 Å². The lowest BCUT2D eigenvalue weighted by atomic mass is 9.94. The second-order valence-corrected chi connectivity index (χ2v) is 9.38. The second kappa shape index (κ2) is 8.58. The zero-order valence-electron chi connectivity index (χ0n) is 19.7. The van der Waals surface area contributed by atoms with Gasteiger partial charge in [0.05, 0.1) is 18.2 Å². The Morgan fingerprint density at radius 2 is 1.76 bits per heavy atom. The first kappa shape index (κ1) is 21.6. The highest BCUT2D eigenvalue weighted by Gasteiger charge is 2.53. The van der Waals surface area contributed by atoms with E-state index in [9.17, 15) is 4.79 Å². The molecule has 1 N–H and O–H groups in total. The van der Waals surface area contributed by atoms with E-state index in [1.54, 1.807) is 7.11 Å². The molecule has 1 saturated carbocycles. The largest absolute Gasteiger partial charge is 0.497 e. The minimum Gasteiger partial charge on any atom is -0.497 e. The van der Waals surface area contributed by atoms with E-state index in [0.29, 0.717) is 0 Å². The molecule has 3 aromatic rings. The number of hydrogen-bond donors (Lipinski definition) is 1. The number of methoxy groups -OCH3 is 1. The molecule has 1 aliphatic heterocycles. The van der Waals surface area contributed by atoms with Gasteiger partial charge in [-0.15, -0.1) is 0 Å². The molecule has 33 heavy (non-hydrogen) atoms. The number of aryl methyl sites for hydroxylation is 2. The summed E-state index contributed by atoms with van der Waals surface area (Å²) < 4.78 is 5.28. The third-order valence-corrected chi connectivity index (χ3v) is 7.29. The number of ether oxygens (including phenoxy) is 1. The molecule has 2 heterocycles. The fraction of sp³-hybridized carbons (Fsp3) is 0.407. The standard InChI is InChI=1S/C27H32N4O2/c1-19-5-6-21(17-20(19)2)24-18-25(29-28-24)30-13-4-14-31(16-15-30)26(32)27(11-12-27)22-7-9-23(33-3)10-8-22/h5-10,17-18H,4,11-16H2,1-3H3,(H,28,29). The third-order valence-electron chi connectivity index (χ3n) is 7.29. The van der Waals surface area contributed by atoms with Crippen LogP contribution < -0.4 is 9.64 Å². The first-order chi connectivity index (χ1) is 16.0. The summed E-state index contributed by atoms with van der Waals surface area (Å²) in [6, 6.07) is 16.6. The minimum absolute atomic E-state index is 0.271. The number of anilines is 1. The molecule has 2 fully saturated rings. The third kappa shape index (κ3) is 4.10. The summed E-state index contributed by atoms with van der Waals surface area (Å²) in [5, 5.41) is 7.79. The number of benzene rings is 2. The summed E-state index contributed by atoms with van der Waals surface area (Å²) in [5.74, 6) is 2.05. The maximum atomic E-state index is 13.5. The van der Waals surface area contributed by atoms with Gasteiger partial charge in [-0.2, -0.15) is 5.10 Å². The predicted octanol–water partition coefficient (Wildman–Crippen LogP) is 4.47. The van der Waals surface area contributed by atoms with Gasteiger partial charge in [0.25, 0.3) is 0 Å². The van der Waals surface area contributed by atoms with Crippen LogP contribution in [0.25, 0.3) is 11.3 Å². The highest BCUT2D eigenvalue weighted by atomic mass is 16.5. The molecule has 1 aromatic heterocycles. The number of amides is 1. The van der Waals surface area contributed by atoms with Crippen LogP contribution >= 0.6 is 0 Å². The van der Waals surface area contributed by atoms with E-state index in [4.69, 9.17) is 4.74 Å². The molecule has 6 heteroatoms. The van der Waals surface area contributed by atoms with E-state index in [2.05, 4.69) is 58.1 Å². The molecule has 0 unspecified atom stereocenters. The molecule has 1 amide bonds. The molecule has 6 nitrogen and oxygen atoms in total. The molecule has 2 aliphatic rings. The maximum absolute atomic E-state index is 13.5. The number of rotatable bonds is 5. The zero-order valence-corrected chi connectivity index (χ0v) is 19.7. The van der Waals surface area contributed by atoms with Crippen molar-refractivity contribution in [1.29, 1.82) is 0 Å². The Morgan fingerprint density at radius 1 is 0.970 bits per heavy atom. The van der Waals surface area contributed by atoms with E-state index < -0.39 is 0 Å². The molecule has 0 radical (unpaired) electrons. The Kier molecular flexibility index (Phi) is 5.60. The van der Waals surface area contributed by atoms with Crippen LogP contribution in [0.1, 0.15) is 36.0 Å². The van der Waals surface area contributed by atoms with Gasteiger partial charge in [0.1, 0.15) is 5.75 Å². The number of carbonyl (C=O) groups excluding carboxylic acids is 1. The number of carbonyl (C=O) groups is 1. The van der Waals surface area contributed by atoms with Crippen molar-refractivity contribution < 1.29 is 9.53 Å². The molecule has 0 spiro atoms. The topological polar surface area (TPSA) is 61.5 Å². The second-order valence-electron chi connectivity index (χ2n) is 9.38. The minimum atomic E-state index is -0.343. The molecular formula is C27H32N4O2. The number of nitrogens with one attached hydrogen (secondary N) is 1. The fourth-order valence-electron chi connectivity index (χ4n) is 4.84. The van der Waals surface area contributed by atoms with Crippen molar-refractivity contribution >= 4 is 11.7 Å². The van der Waals surface area contributed by atoms with Crippen molar-refractivity contribution in [1.82, 2.24) is 15.1 Å². The zero-order chi connectivity index (χ0) is 23.0. The number of aromatic amines is 1. The normalized spacial score (nSPS) is 17.5. The molecule has 172 valence electrons. The van der Waals surface area contributed by atoms with E-state index >= 15 is 0 Å². The number of hydrogen-bond acceptors (Lipinski definition) is 4. The Hall–Kier alpha value is -3.28. The van der Waals surface area contributed by atoms with Crippen molar-refractivity contribution in [3.8, 4) is 17.0 Å². The predicted molar refractivity (Wildman–Crippen MR) is 131 cm³/mol. The quantitative estimate of drug-likeness (QED) is 0.631. The van der Waals surface area contributed by atoms with E-state index in [-0.39, 0.29) is 11.3 Å². The van der Waals surface area contributed by atoms with Crippen molar-refractivity contribution in [3.05, 3.63) is 65.2 Å². The van der Waals surface area contributed by atoms with E-state index in [0.717, 1.165) is 73.8 Å². The lowest BCUT2D eigenvalue weighted by Gasteiger charge is -2.26. The van der Waals surface area contributed by atoms with Gasteiger partial charge in [0, 0.05) is 32.2 Å². The van der Waals surface area contributed by atoms with Crippen LogP contribution in [-0.2, 0) is 10.2 Å². The summed E-state index contributed by atoms with van der Waals surface area (Å²) in [4.78, 5) is 17.9. The average molecular weight is 445 g/mol. The highest BCUT2D eigenvalue weighted by Crippen LogP contribution is 2.50. The lowest BCUT2D eigenvalue weighted by molar-refractivity contribution is -0.133. The highest BCUT2D eigenvalue weighted by molar-refractivity contribution is 5.91. The lowest BCUT2D eigenvalue weighted by Crippen LogP contribution is -2.41. The van der Waals surface area contributed by atoms with Crippen LogP contribution in [0.4, 0.5) is 5.82 Å². The Balaban J connectivity index is 1.27. The van der Waals surface area contributed by atoms with Crippen molar-refractivity contribution in [2.24, 2.45) is 0 Å². The van der Waals surface area contributed by atoms with Gasteiger partial charge >= 0.3 is 0 Å². The molecule has 0 atom stereocenters. The van der Waals surface area contributed by atoms with Crippen molar-refractivity contribution in [3.63, 3.8) is 0 Å². The van der Waals surface area contributed by atoms with E-state index in [1.807, 2.05) is 24.3 Å². The molecular weight excluding hydrogens is 412 g/mol. The van der Waals surface area contributed by atoms with Crippen LogP contribution in [0, 0.1) is 13.8 Å². The average Bonchev–Trinajstić information content (AvgIpc) is 3.57. The van der Waals surface area contributed by atoms with Gasteiger partial charge in [-0.25, -0.2) is 0 Å². The van der Waals surface area contributed by atoms with Gasteiger partial charge in [-0.3, -0.25) is 9.89 Å². The first-order valence-corrected chi connectivity index (χ1v) is 11.8. The number of aromatic nitrogens is 2. The molecule has 2 aromatic carbocycles. The first-order valence-electron chi connectivity index (χ1n) is 11.8. The Bertz CT molecular complexity index is 1150. The van der Waals surface area contributed by atoms with Crippen LogP contribution in [0.2, 0.25) is 0 Å². The Labute approximate surface area is 195 Å². The monoisotopic (exact) mass is 444 g/mol. The maximum Gasteiger partial charge on any atom is 0.233 e. The number of nitrogens with zero attached hydrogens (tertiary/aromatic N) is 3. The van der Waals surface area contributed by atoms with Crippen LogP contribution in [-0.4, -0.2) is 54.3 Å². The van der Waals surface area contributed by atoms with Crippen molar-refractivity contribution in [2.75, 3.05) is 38.2 Å². The van der Waals surface area contributed by atoms with Crippen LogP contribution in [0.3, 0.4) is 0 Å². The molecule has 0 bridgehead atoms. The molecule has 1 aliphatic carbocycles.